The lowest BCUT2D eigenvalue weighted by Gasteiger charge is -2.32. The SMILES string of the molecule is Br.CN1Cc2cc(O)c(O)cc2C(c2ccc(Cl)cc2)C1. The quantitative estimate of drug-likeness (QED) is 0.748. The molecule has 21 heavy (non-hydrogen) atoms. The van der Waals surface area contributed by atoms with Gasteiger partial charge in [0.05, 0.1) is 0 Å². The summed E-state index contributed by atoms with van der Waals surface area (Å²) >= 11 is 5.94. The topological polar surface area (TPSA) is 43.7 Å². The van der Waals surface area contributed by atoms with Crippen LogP contribution in [0.3, 0.4) is 0 Å². The number of likely N-dealkylation sites (N-methyl/N-ethyl adjacent to an activating group) is 1. The molecule has 3 rings (SSSR count). The van der Waals surface area contributed by atoms with E-state index < -0.39 is 0 Å². The Morgan fingerprint density at radius 1 is 1.10 bits per heavy atom. The lowest BCUT2D eigenvalue weighted by molar-refractivity contribution is 0.293. The minimum absolute atomic E-state index is 0. The molecule has 1 heterocycles. The van der Waals surface area contributed by atoms with Gasteiger partial charge in [0.15, 0.2) is 11.5 Å². The van der Waals surface area contributed by atoms with Crippen molar-refractivity contribution in [3.8, 4) is 11.5 Å². The molecule has 0 saturated heterocycles. The highest BCUT2D eigenvalue weighted by Crippen LogP contribution is 2.38. The minimum Gasteiger partial charge on any atom is -0.504 e. The van der Waals surface area contributed by atoms with Gasteiger partial charge in [0.25, 0.3) is 0 Å². The second kappa shape index (κ2) is 6.26. The number of hydrogen-bond acceptors (Lipinski definition) is 3. The predicted octanol–water partition coefficient (Wildman–Crippen LogP) is 3.91. The summed E-state index contributed by atoms with van der Waals surface area (Å²) in [6.07, 6.45) is 0. The van der Waals surface area contributed by atoms with Crippen LogP contribution in [0.1, 0.15) is 22.6 Å². The predicted molar refractivity (Wildman–Crippen MR) is 89.7 cm³/mol. The van der Waals surface area contributed by atoms with E-state index in [9.17, 15) is 10.2 Å². The molecule has 112 valence electrons. The van der Waals surface area contributed by atoms with Crippen LogP contribution in [0.5, 0.6) is 11.5 Å². The highest BCUT2D eigenvalue weighted by Gasteiger charge is 2.26. The molecule has 0 spiro atoms. The fourth-order valence-corrected chi connectivity index (χ4v) is 2.97. The molecule has 2 N–H and O–H groups in total. The van der Waals surface area contributed by atoms with Gasteiger partial charge in [-0.1, -0.05) is 23.7 Å². The third-order valence-electron chi connectivity index (χ3n) is 3.82. The summed E-state index contributed by atoms with van der Waals surface area (Å²) in [5, 5.41) is 20.1. The molecule has 3 nitrogen and oxygen atoms in total. The average Bonchev–Trinajstić information content (AvgIpc) is 2.41. The number of hydrogen-bond donors (Lipinski definition) is 2. The highest BCUT2D eigenvalue weighted by molar-refractivity contribution is 8.93. The van der Waals surface area contributed by atoms with Crippen molar-refractivity contribution >= 4 is 28.6 Å². The first-order valence-corrected chi connectivity index (χ1v) is 6.91. The molecule has 2 aromatic carbocycles. The Morgan fingerprint density at radius 2 is 1.71 bits per heavy atom. The third kappa shape index (κ3) is 3.18. The molecule has 1 aliphatic rings. The van der Waals surface area contributed by atoms with E-state index in [0.717, 1.165) is 29.8 Å². The van der Waals surface area contributed by atoms with E-state index in [1.807, 2.05) is 24.3 Å². The first-order valence-electron chi connectivity index (χ1n) is 6.53. The van der Waals surface area contributed by atoms with Crippen LogP contribution in [0.2, 0.25) is 5.02 Å². The number of rotatable bonds is 1. The lowest BCUT2D eigenvalue weighted by atomic mass is 9.84. The second-order valence-electron chi connectivity index (χ2n) is 5.34. The van der Waals surface area contributed by atoms with Crippen molar-refractivity contribution in [1.82, 2.24) is 4.90 Å². The van der Waals surface area contributed by atoms with Crippen molar-refractivity contribution in [2.45, 2.75) is 12.5 Å². The van der Waals surface area contributed by atoms with Gasteiger partial charge < -0.3 is 15.1 Å². The summed E-state index contributed by atoms with van der Waals surface area (Å²) in [4.78, 5) is 2.21. The maximum atomic E-state index is 9.77. The van der Waals surface area contributed by atoms with Gasteiger partial charge in [0, 0.05) is 24.0 Å². The first-order chi connectivity index (χ1) is 9.54. The first kappa shape index (κ1) is 16.1. The molecule has 0 aromatic heterocycles. The van der Waals surface area contributed by atoms with Crippen molar-refractivity contribution < 1.29 is 10.2 Å². The van der Waals surface area contributed by atoms with Crippen molar-refractivity contribution in [3.05, 3.63) is 58.1 Å². The monoisotopic (exact) mass is 369 g/mol. The van der Waals surface area contributed by atoms with Gasteiger partial charge in [-0.15, -0.1) is 17.0 Å². The number of nitrogens with zero attached hydrogens (tertiary/aromatic N) is 1. The van der Waals surface area contributed by atoms with Gasteiger partial charge in [0.1, 0.15) is 0 Å². The van der Waals surface area contributed by atoms with Gasteiger partial charge in [-0.2, -0.15) is 0 Å². The largest absolute Gasteiger partial charge is 0.504 e. The summed E-state index contributed by atoms with van der Waals surface area (Å²) < 4.78 is 0. The van der Waals surface area contributed by atoms with Gasteiger partial charge >= 0.3 is 0 Å². The fourth-order valence-electron chi connectivity index (χ4n) is 2.84. The maximum absolute atomic E-state index is 9.77. The standard InChI is InChI=1S/C16H16ClNO2.BrH/c1-18-8-11-6-15(19)16(20)7-13(11)14(9-18)10-2-4-12(17)5-3-10;/h2-7,14,19-20H,8-9H2,1H3;1H. The smallest absolute Gasteiger partial charge is 0.157 e. The van der Waals surface area contributed by atoms with Gasteiger partial charge in [0.2, 0.25) is 0 Å². The van der Waals surface area contributed by atoms with E-state index >= 15 is 0 Å². The van der Waals surface area contributed by atoms with Gasteiger partial charge in [-0.05, 0) is 48.0 Å². The van der Waals surface area contributed by atoms with E-state index in [2.05, 4.69) is 11.9 Å². The summed E-state index contributed by atoms with van der Waals surface area (Å²) in [6.45, 7) is 1.64. The van der Waals surface area contributed by atoms with Crippen LogP contribution in [0.25, 0.3) is 0 Å². The van der Waals surface area contributed by atoms with E-state index in [4.69, 9.17) is 11.6 Å². The third-order valence-corrected chi connectivity index (χ3v) is 4.07. The lowest BCUT2D eigenvalue weighted by Crippen LogP contribution is -2.30. The molecule has 2 aromatic rings. The Balaban J connectivity index is 0.00000161. The summed E-state index contributed by atoms with van der Waals surface area (Å²) in [5.74, 6) is 0.0497. The van der Waals surface area contributed by atoms with Crippen LogP contribution in [-0.2, 0) is 6.54 Å². The molecule has 1 unspecified atom stereocenters. The Hall–Kier alpha value is -1.23. The maximum Gasteiger partial charge on any atom is 0.157 e. The zero-order chi connectivity index (χ0) is 14.3. The molecule has 0 radical (unpaired) electrons. The Kier molecular flexibility index (Phi) is 4.81. The Labute approximate surface area is 139 Å². The second-order valence-corrected chi connectivity index (χ2v) is 5.78. The van der Waals surface area contributed by atoms with E-state index in [1.54, 1.807) is 12.1 Å². The van der Waals surface area contributed by atoms with Crippen LogP contribution in [-0.4, -0.2) is 28.7 Å². The number of fused-ring (bicyclic) bond motifs is 1. The van der Waals surface area contributed by atoms with Crippen LogP contribution < -0.4 is 0 Å². The van der Waals surface area contributed by atoms with Crippen molar-refractivity contribution in [3.63, 3.8) is 0 Å². The number of halogens is 2. The number of phenolic OH excluding ortho intramolecular Hbond substituents is 2. The number of aromatic hydroxyl groups is 2. The molecular weight excluding hydrogens is 354 g/mol. The molecule has 1 atom stereocenters. The van der Waals surface area contributed by atoms with Crippen molar-refractivity contribution in [1.29, 1.82) is 0 Å². The number of phenols is 2. The summed E-state index contributed by atoms with van der Waals surface area (Å²) in [7, 11) is 2.05. The molecule has 0 aliphatic carbocycles. The van der Waals surface area contributed by atoms with Crippen LogP contribution >= 0.6 is 28.6 Å². The van der Waals surface area contributed by atoms with Crippen LogP contribution in [0.4, 0.5) is 0 Å². The minimum atomic E-state index is -0.0627. The molecule has 0 bridgehead atoms. The Morgan fingerprint density at radius 3 is 2.38 bits per heavy atom. The zero-order valence-electron chi connectivity index (χ0n) is 11.6. The molecule has 1 aliphatic heterocycles. The molecule has 0 saturated carbocycles. The van der Waals surface area contributed by atoms with Crippen molar-refractivity contribution in [2.24, 2.45) is 0 Å². The summed E-state index contributed by atoms with van der Waals surface area (Å²) in [5.41, 5.74) is 3.28. The van der Waals surface area contributed by atoms with E-state index in [0.29, 0.717) is 5.02 Å². The van der Waals surface area contributed by atoms with E-state index in [1.165, 1.54) is 0 Å². The van der Waals surface area contributed by atoms with Gasteiger partial charge in [-0.3, -0.25) is 0 Å². The van der Waals surface area contributed by atoms with Gasteiger partial charge in [-0.25, -0.2) is 0 Å². The molecule has 0 fully saturated rings. The fraction of sp³-hybridized carbons (Fsp3) is 0.250. The molecule has 0 amide bonds. The van der Waals surface area contributed by atoms with E-state index in [-0.39, 0.29) is 34.4 Å². The zero-order valence-corrected chi connectivity index (χ0v) is 14.1. The molecule has 5 heteroatoms. The number of benzene rings is 2. The highest BCUT2D eigenvalue weighted by atomic mass is 79.9. The molecular formula is C16H17BrClNO2. The van der Waals surface area contributed by atoms with Crippen LogP contribution in [0.15, 0.2) is 36.4 Å². The Bertz CT molecular complexity index is 645. The van der Waals surface area contributed by atoms with Crippen LogP contribution in [0, 0.1) is 0 Å². The summed E-state index contributed by atoms with van der Waals surface area (Å²) in [6, 6.07) is 11.1. The van der Waals surface area contributed by atoms with Crippen molar-refractivity contribution in [2.75, 3.05) is 13.6 Å². The normalized spacial score (nSPS) is 17.9. The average molecular weight is 371 g/mol.